The minimum atomic E-state index is -0.569. The average molecular weight is 476 g/mol. The van der Waals surface area contributed by atoms with Gasteiger partial charge in [0, 0.05) is 22.0 Å². The SMILES string of the molecule is COc1ccc(NC(=O)COc2ccc(Cl)cc2C=C(C#N)C(=O)Nc2ccccc2C)cc1. The molecule has 0 saturated heterocycles. The summed E-state index contributed by atoms with van der Waals surface area (Å²) in [4.78, 5) is 25.0. The molecule has 3 rings (SSSR count). The third-order valence-corrected chi connectivity index (χ3v) is 5.00. The molecule has 0 aliphatic carbocycles. The normalized spacial score (nSPS) is 10.7. The van der Waals surface area contributed by atoms with Gasteiger partial charge in [0.25, 0.3) is 11.8 Å². The monoisotopic (exact) mass is 475 g/mol. The third-order valence-electron chi connectivity index (χ3n) is 4.76. The summed E-state index contributed by atoms with van der Waals surface area (Å²) in [6.07, 6.45) is 1.37. The minimum Gasteiger partial charge on any atom is -0.497 e. The first-order valence-corrected chi connectivity index (χ1v) is 10.6. The molecule has 8 heteroatoms. The van der Waals surface area contributed by atoms with Crippen LogP contribution in [0.1, 0.15) is 11.1 Å². The largest absolute Gasteiger partial charge is 0.497 e. The van der Waals surface area contributed by atoms with Gasteiger partial charge < -0.3 is 20.1 Å². The first kappa shape index (κ1) is 24.4. The average Bonchev–Trinajstić information content (AvgIpc) is 2.83. The number of hydrogen-bond acceptors (Lipinski definition) is 5. The molecule has 0 unspecified atom stereocenters. The van der Waals surface area contributed by atoms with E-state index in [-0.39, 0.29) is 18.1 Å². The molecule has 0 radical (unpaired) electrons. The topological polar surface area (TPSA) is 100 Å². The smallest absolute Gasteiger partial charge is 0.266 e. The zero-order valence-electron chi connectivity index (χ0n) is 18.6. The van der Waals surface area contributed by atoms with Crippen molar-refractivity contribution >= 4 is 40.9 Å². The van der Waals surface area contributed by atoms with Crippen LogP contribution in [0.3, 0.4) is 0 Å². The second-order valence-electron chi connectivity index (χ2n) is 7.19. The Bertz CT molecular complexity index is 1260. The van der Waals surface area contributed by atoms with Gasteiger partial charge in [0.1, 0.15) is 23.1 Å². The van der Waals surface area contributed by atoms with Crippen molar-refractivity contribution in [3.8, 4) is 17.6 Å². The van der Waals surface area contributed by atoms with Crippen LogP contribution in [-0.2, 0) is 9.59 Å². The van der Waals surface area contributed by atoms with E-state index in [2.05, 4.69) is 10.6 Å². The second kappa shape index (κ2) is 11.5. The van der Waals surface area contributed by atoms with E-state index >= 15 is 0 Å². The fourth-order valence-corrected chi connectivity index (χ4v) is 3.17. The molecule has 0 fully saturated rings. The molecule has 3 aromatic carbocycles. The molecule has 0 aliphatic rings. The van der Waals surface area contributed by atoms with Gasteiger partial charge >= 0.3 is 0 Å². The Morgan fingerprint density at radius 2 is 1.79 bits per heavy atom. The molecule has 0 bridgehead atoms. The maximum atomic E-state index is 12.7. The lowest BCUT2D eigenvalue weighted by atomic mass is 10.1. The molecule has 0 aromatic heterocycles. The quantitative estimate of drug-likeness (QED) is 0.343. The van der Waals surface area contributed by atoms with Crippen molar-refractivity contribution in [2.45, 2.75) is 6.92 Å². The van der Waals surface area contributed by atoms with Gasteiger partial charge in [-0.15, -0.1) is 0 Å². The Hall–Kier alpha value is -4.28. The van der Waals surface area contributed by atoms with E-state index < -0.39 is 5.91 Å². The number of anilines is 2. The highest BCUT2D eigenvalue weighted by Crippen LogP contribution is 2.26. The van der Waals surface area contributed by atoms with Gasteiger partial charge in [-0.25, -0.2) is 0 Å². The number of amides is 2. The summed E-state index contributed by atoms with van der Waals surface area (Å²) in [5.74, 6) is 0.0187. The molecule has 0 aliphatic heterocycles. The van der Waals surface area contributed by atoms with Crippen molar-refractivity contribution < 1.29 is 19.1 Å². The Morgan fingerprint density at radius 1 is 1.06 bits per heavy atom. The molecule has 2 amide bonds. The van der Waals surface area contributed by atoms with Crippen molar-refractivity contribution in [2.24, 2.45) is 0 Å². The Kier molecular flexibility index (Phi) is 8.27. The summed E-state index contributed by atoms with van der Waals surface area (Å²) >= 11 is 6.11. The fraction of sp³-hybridized carbons (Fsp3) is 0.115. The van der Waals surface area contributed by atoms with Crippen LogP contribution in [0.5, 0.6) is 11.5 Å². The van der Waals surface area contributed by atoms with Crippen LogP contribution in [-0.4, -0.2) is 25.5 Å². The van der Waals surface area contributed by atoms with E-state index in [9.17, 15) is 14.9 Å². The van der Waals surface area contributed by atoms with E-state index in [1.807, 2.05) is 25.1 Å². The Morgan fingerprint density at radius 3 is 2.47 bits per heavy atom. The number of ether oxygens (including phenoxy) is 2. The van der Waals surface area contributed by atoms with Crippen molar-refractivity contribution in [3.63, 3.8) is 0 Å². The maximum absolute atomic E-state index is 12.7. The summed E-state index contributed by atoms with van der Waals surface area (Å²) < 4.78 is 10.7. The zero-order valence-corrected chi connectivity index (χ0v) is 19.3. The number of benzene rings is 3. The van der Waals surface area contributed by atoms with Gasteiger partial charge in [0.15, 0.2) is 6.61 Å². The molecule has 0 heterocycles. The summed E-state index contributed by atoms with van der Waals surface area (Å²) in [6, 6.07) is 20.7. The maximum Gasteiger partial charge on any atom is 0.266 e. The van der Waals surface area contributed by atoms with Gasteiger partial charge in [-0.05, 0) is 67.1 Å². The third kappa shape index (κ3) is 6.61. The molecule has 0 saturated carbocycles. The number of nitrogens with zero attached hydrogens (tertiary/aromatic N) is 1. The van der Waals surface area contributed by atoms with Crippen LogP contribution in [0, 0.1) is 18.3 Å². The van der Waals surface area contributed by atoms with Crippen molar-refractivity contribution in [2.75, 3.05) is 24.4 Å². The number of aryl methyl sites for hydroxylation is 1. The molecule has 3 aromatic rings. The highest BCUT2D eigenvalue weighted by molar-refractivity contribution is 6.30. The number of rotatable bonds is 8. The van der Waals surface area contributed by atoms with Gasteiger partial charge in [-0.2, -0.15) is 5.26 Å². The Balaban J connectivity index is 1.73. The summed E-state index contributed by atoms with van der Waals surface area (Å²) in [7, 11) is 1.56. The zero-order chi connectivity index (χ0) is 24.5. The van der Waals surface area contributed by atoms with Crippen LogP contribution in [0.25, 0.3) is 6.08 Å². The first-order chi connectivity index (χ1) is 16.4. The fourth-order valence-electron chi connectivity index (χ4n) is 2.99. The molecular formula is C26H22ClN3O4. The molecule has 7 nitrogen and oxygen atoms in total. The van der Waals surface area contributed by atoms with Crippen molar-refractivity contribution in [1.29, 1.82) is 5.26 Å². The van der Waals surface area contributed by atoms with E-state index in [1.165, 1.54) is 6.08 Å². The van der Waals surface area contributed by atoms with Crippen LogP contribution in [0.4, 0.5) is 11.4 Å². The van der Waals surface area contributed by atoms with Crippen molar-refractivity contribution in [3.05, 3.63) is 88.5 Å². The molecule has 0 spiro atoms. The number of nitriles is 1. The van der Waals surface area contributed by atoms with E-state index in [0.717, 1.165) is 5.56 Å². The summed E-state index contributed by atoms with van der Waals surface area (Å²) in [6.45, 7) is 1.57. The van der Waals surface area contributed by atoms with Gasteiger partial charge in [-0.3, -0.25) is 9.59 Å². The predicted molar refractivity (Wildman–Crippen MR) is 132 cm³/mol. The van der Waals surface area contributed by atoms with E-state index in [1.54, 1.807) is 61.7 Å². The van der Waals surface area contributed by atoms with Crippen LogP contribution < -0.4 is 20.1 Å². The lowest BCUT2D eigenvalue weighted by Crippen LogP contribution is -2.20. The second-order valence-corrected chi connectivity index (χ2v) is 7.62. The van der Waals surface area contributed by atoms with Crippen LogP contribution in [0.15, 0.2) is 72.3 Å². The van der Waals surface area contributed by atoms with Crippen LogP contribution in [0.2, 0.25) is 5.02 Å². The summed E-state index contributed by atoms with van der Waals surface area (Å²) in [5, 5.41) is 15.4. The number of halogens is 1. The molecule has 0 atom stereocenters. The highest BCUT2D eigenvalue weighted by atomic mass is 35.5. The number of carbonyl (C=O) groups is 2. The lowest BCUT2D eigenvalue weighted by Gasteiger charge is -2.11. The number of nitrogens with one attached hydrogen (secondary N) is 2. The Labute approximate surface area is 202 Å². The molecule has 34 heavy (non-hydrogen) atoms. The number of para-hydroxylation sites is 1. The van der Waals surface area contributed by atoms with E-state index in [4.69, 9.17) is 21.1 Å². The van der Waals surface area contributed by atoms with Gasteiger partial charge in [0.2, 0.25) is 0 Å². The standard InChI is InChI=1S/C26H22ClN3O4/c1-17-5-3-4-6-23(17)30-26(32)19(15-28)13-18-14-20(27)7-12-24(18)34-16-25(31)29-21-8-10-22(33-2)11-9-21/h3-14H,16H2,1-2H3,(H,29,31)(H,30,32). The minimum absolute atomic E-state index is 0.141. The lowest BCUT2D eigenvalue weighted by molar-refractivity contribution is -0.118. The van der Waals surface area contributed by atoms with E-state index in [0.29, 0.717) is 33.5 Å². The summed E-state index contributed by atoms with van der Waals surface area (Å²) in [5.41, 5.74) is 2.30. The van der Waals surface area contributed by atoms with Gasteiger partial charge in [-0.1, -0.05) is 29.8 Å². The number of methoxy groups -OCH3 is 1. The first-order valence-electron chi connectivity index (χ1n) is 10.2. The van der Waals surface area contributed by atoms with Crippen molar-refractivity contribution in [1.82, 2.24) is 0 Å². The predicted octanol–water partition coefficient (Wildman–Crippen LogP) is 5.22. The molecule has 2 N–H and O–H groups in total. The molecular weight excluding hydrogens is 454 g/mol. The highest BCUT2D eigenvalue weighted by Gasteiger charge is 2.14. The number of hydrogen-bond donors (Lipinski definition) is 2. The molecule has 172 valence electrons. The van der Waals surface area contributed by atoms with Gasteiger partial charge in [0.05, 0.1) is 7.11 Å². The number of carbonyl (C=O) groups excluding carboxylic acids is 2. The van der Waals surface area contributed by atoms with Crippen LogP contribution >= 0.6 is 11.6 Å².